The van der Waals surface area contributed by atoms with E-state index >= 15 is 0 Å². The molecule has 0 spiro atoms. The summed E-state index contributed by atoms with van der Waals surface area (Å²) in [6.45, 7) is 1.48. The van der Waals surface area contributed by atoms with Crippen molar-refractivity contribution in [3.63, 3.8) is 0 Å². The lowest BCUT2D eigenvalue weighted by molar-refractivity contribution is -0.129. The number of fused-ring (bicyclic) bond motifs is 1. The van der Waals surface area contributed by atoms with Gasteiger partial charge in [0.05, 0.1) is 35.7 Å². The minimum absolute atomic E-state index is 0.169. The molecule has 2 unspecified atom stereocenters. The first-order chi connectivity index (χ1) is 12.5. The van der Waals surface area contributed by atoms with Gasteiger partial charge in [-0.3, -0.25) is 14.6 Å². The maximum atomic E-state index is 12.6. The smallest absolute Gasteiger partial charge is 0.252 e. The van der Waals surface area contributed by atoms with Crippen LogP contribution in [0.2, 0.25) is 0 Å². The van der Waals surface area contributed by atoms with Crippen LogP contribution in [0.4, 0.5) is 0 Å². The van der Waals surface area contributed by atoms with Crippen LogP contribution in [-0.2, 0) is 4.79 Å². The van der Waals surface area contributed by atoms with E-state index in [9.17, 15) is 14.7 Å². The van der Waals surface area contributed by atoms with Crippen molar-refractivity contribution in [1.82, 2.24) is 15.2 Å². The molecule has 2 aromatic rings. The van der Waals surface area contributed by atoms with Gasteiger partial charge in [-0.05, 0) is 30.7 Å². The van der Waals surface area contributed by atoms with Crippen LogP contribution in [0, 0.1) is 11.3 Å². The molecule has 26 heavy (non-hydrogen) atoms. The van der Waals surface area contributed by atoms with E-state index in [4.69, 9.17) is 5.26 Å². The van der Waals surface area contributed by atoms with Crippen molar-refractivity contribution in [2.75, 3.05) is 18.2 Å². The van der Waals surface area contributed by atoms with Gasteiger partial charge in [0, 0.05) is 17.3 Å². The second kappa shape index (κ2) is 7.72. The quantitative estimate of drug-likeness (QED) is 0.844. The van der Waals surface area contributed by atoms with Gasteiger partial charge >= 0.3 is 0 Å². The molecule has 1 aromatic heterocycles. The van der Waals surface area contributed by atoms with E-state index in [1.165, 1.54) is 22.9 Å². The summed E-state index contributed by atoms with van der Waals surface area (Å²) in [5, 5.41) is 22.1. The predicted molar refractivity (Wildman–Crippen MR) is 98.3 cm³/mol. The highest BCUT2D eigenvalue weighted by Crippen LogP contribution is 2.22. The van der Waals surface area contributed by atoms with Gasteiger partial charge in [0.1, 0.15) is 6.04 Å². The molecule has 0 radical (unpaired) electrons. The number of aliphatic hydroxyl groups is 1. The Bertz CT molecular complexity index is 894. The van der Waals surface area contributed by atoms with Crippen LogP contribution in [0.1, 0.15) is 28.9 Å². The van der Waals surface area contributed by atoms with Crippen molar-refractivity contribution in [2.24, 2.45) is 0 Å². The molecule has 1 fully saturated rings. The van der Waals surface area contributed by atoms with Crippen molar-refractivity contribution in [3.05, 3.63) is 41.6 Å². The molecule has 1 aliphatic heterocycles. The van der Waals surface area contributed by atoms with E-state index in [2.05, 4.69) is 16.4 Å². The molecule has 1 saturated heterocycles. The first-order valence-corrected chi connectivity index (χ1v) is 9.28. The number of aliphatic hydroxyl groups excluding tert-OH is 1. The largest absolute Gasteiger partial charge is 0.389 e. The van der Waals surface area contributed by atoms with Gasteiger partial charge in [-0.1, -0.05) is 6.07 Å². The molecule has 2 atom stereocenters. The summed E-state index contributed by atoms with van der Waals surface area (Å²) in [7, 11) is 0. The predicted octanol–water partition coefficient (Wildman–Crippen LogP) is 1.44. The van der Waals surface area contributed by atoms with Gasteiger partial charge in [0.15, 0.2) is 0 Å². The number of amides is 2. The second-order valence-corrected chi connectivity index (χ2v) is 7.00. The Kier molecular flexibility index (Phi) is 5.40. The molecule has 134 valence electrons. The minimum Gasteiger partial charge on any atom is -0.389 e. The highest BCUT2D eigenvalue weighted by molar-refractivity contribution is 7.99. The zero-order valence-corrected chi connectivity index (χ0v) is 15.0. The van der Waals surface area contributed by atoms with E-state index in [0.29, 0.717) is 33.7 Å². The van der Waals surface area contributed by atoms with Gasteiger partial charge in [0.2, 0.25) is 5.91 Å². The number of nitriles is 1. The third-order valence-corrected chi connectivity index (χ3v) is 5.26. The van der Waals surface area contributed by atoms with E-state index in [1.807, 2.05) is 0 Å². The molecule has 0 bridgehead atoms. The van der Waals surface area contributed by atoms with Gasteiger partial charge in [-0.15, -0.1) is 11.8 Å². The maximum Gasteiger partial charge on any atom is 0.252 e. The summed E-state index contributed by atoms with van der Waals surface area (Å²) in [5.41, 5.74) is 1.70. The van der Waals surface area contributed by atoms with E-state index in [0.717, 1.165) is 0 Å². The molecule has 8 heteroatoms. The van der Waals surface area contributed by atoms with Crippen LogP contribution in [0.15, 0.2) is 30.5 Å². The number of hydrogen-bond acceptors (Lipinski definition) is 6. The molecular weight excluding hydrogens is 352 g/mol. The standard InChI is InChI=1S/C18H18N4O3S/c1-11(23)12-2-3-16-15(6-12)14(4-5-20-16)18(25)21-8-17(24)22-10-26-9-13(22)7-19/h2-6,11,13,23H,8-10H2,1H3,(H,21,25). The second-order valence-electron chi connectivity index (χ2n) is 6.00. The molecule has 1 aliphatic rings. The van der Waals surface area contributed by atoms with Crippen LogP contribution >= 0.6 is 11.8 Å². The summed E-state index contributed by atoms with van der Waals surface area (Å²) in [6.07, 6.45) is 0.872. The average molecular weight is 370 g/mol. The number of nitrogens with zero attached hydrogens (tertiary/aromatic N) is 3. The topological polar surface area (TPSA) is 106 Å². The van der Waals surface area contributed by atoms with Gasteiger partial charge in [-0.2, -0.15) is 5.26 Å². The van der Waals surface area contributed by atoms with Gasteiger partial charge in [0.25, 0.3) is 5.91 Å². The van der Waals surface area contributed by atoms with Crippen LogP contribution in [0.25, 0.3) is 10.9 Å². The molecule has 0 aliphatic carbocycles. The molecule has 3 rings (SSSR count). The van der Waals surface area contributed by atoms with Crippen LogP contribution in [-0.4, -0.2) is 51.0 Å². The highest BCUT2D eigenvalue weighted by Gasteiger charge is 2.29. The minimum atomic E-state index is -0.660. The molecule has 7 nitrogen and oxygen atoms in total. The fourth-order valence-electron chi connectivity index (χ4n) is 2.77. The lowest BCUT2D eigenvalue weighted by Gasteiger charge is -2.18. The number of aromatic nitrogens is 1. The summed E-state index contributed by atoms with van der Waals surface area (Å²) < 4.78 is 0. The third-order valence-electron chi connectivity index (χ3n) is 4.24. The Morgan fingerprint density at radius 2 is 2.31 bits per heavy atom. The molecule has 1 aromatic carbocycles. The summed E-state index contributed by atoms with van der Waals surface area (Å²) >= 11 is 1.52. The fraction of sp³-hybridized carbons (Fsp3) is 0.333. The average Bonchev–Trinajstić information content (AvgIpc) is 3.13. The monoisotopic (exact) mass is 370 g/mol. The van der Waals surface area contributed by atoms with Gasteiger partial charge in [-0.25, -0.2) is 0 Å². The summed E-state index contributed by atoms with van der Waals surface area (Å²) in [6, 6.07) is 8.47. The SMILES string of the molecule is CC(O)c1ccc2nccc(C(=O)NCC(=O)N3CSCC3C#N)c2c1. The number of nitrogens with one attached hydrogen (secondary N) is 1. The Balaban J connectivity index is 1.76. The van der Waals surface area contributed by atoms with Crippen molar-refractivity contribution in [2.45, 2.75) is 19.1 Å². The lowest BCUT2D eigenvalue weighted by Crippen LogP contribution is -2.42. The summed E-state index contributed by atoms with van der Waals surface area (Å²) in [4.78, 5) is 30.5. The fourth-order valence-corrected chi connectivity index (χ4v) is 3.87. The zero-order chi connectivity index (χ0) is 18.7. The Morgan fingerprint density at radius 1 is 1.50 bits per heavy atom. The first-order valence-electron chi connectivity index (χ1n) is 8.13. The number of carbonyl (C=O) groups is 2. The lowest BCUT2D eigenvalue weighted by atomic mass is 10.0. The first kappa shape index (κ1) is 18.2. The Morgan fingerprint density at radius 3 is 3.04 bits per heavy atom. The highest BCUT2D eigenvalue weighted by atomic mass is 32.2. The van der Waals surface area contributed by atoms with Crippen molar-refractivity contribution in [1.29, 1.82) is 5.26 Å². The number of benzene rings is 1. The molecule has 2 N–H and O–H groups in total. The number of thioether (sulfide) groups is 1. The number of rotatable bonds is 4. The molecule has 0 saturated carbocycles. The number of hydrogen-bond donors (Lipinski definition) is 2. The third kappa shape index (κ3) is 3.64. The molecule has 2 heterocycles. The summed E-state index contributed by atoms with van der Waals surface area (Å²) in [5.74, 6) is 0.377. The van der Waals surface area contributed by atoms with Crippen molar-refractivity contribution in [3.8, 4) is 6.07 Å². The Labute approximate surface area is 155 Å². The number of carbonyl (C=O) groups excluding carboxylic acids is 2. The Hall–Kier alpha value is -2.63. The zero-order valence-electron chi connectivity index (χ0n) is 14.2. The van der Waals surface area contributed by atoms with Gasteiger partial charge < -0.3 is 15.3 Å². The van der Waals surface area contributed by atoms with E-state index in [-0.39, 0.29) is 12.5 Å². The normalized spacial score (nSPS) is 17.7. The number of pyridine rings is 1. The van der Waals surface area contributed by atoms with Crippen LogP contribution < -0.4 is 5.32 Å². The molecular formula is C18H18N4O3S. The van der Waals surface area contributed by atoms with Crippen molar-refractivity contribution >= 4 is 34.5 Å². The van der Waals surface area contributed by atoms with Crippen molar-refractivity contribution < 1.29 is 14.7 Å². The van der Waals surface area contributed by atoms with Crippen LogP contribution in [0.5, 0.6) is 0 Å². The maximum absolute atomic E-state index is 12.6. The van der Waals surface area contributed by atoms with Crippen LogP contribution in [0.3, 0.4) is 0 Å². The van der Waals surface area contributed by atoms with E-state index < -0.39 is 18.1 Å². The molecule has 2 amide bonds. The van der Waals surface area contributed by atoms with E-state index in [1.54, 1.807) is 31.2 Å².